The first-order valence-electron chi connectivity index (χ1n) is 7.03. The molecule has 1 aromatic heterocycles. The first kappa shape index (κ1) is 13.8. The fraction of sp³-hybridized carbons (Fsp3) is 0.353. The molecule has 0 spiro atoms. The van der Waals surface area contributed by atoms with Crippen molar-refractivity contribution < 1.29 is 0 Å². The van der Waals surface area contributed by atoms with Gasteiger partial charge in [-0.15, -0.1) is 0 Å². The van der Waals surface area contributed by atoms with Gasteiger partial charge in [0, 0.05) is 23.3 Å². The van der Waals surface area contributed by atoms with Crippen LogP contribution in [0.2, 0.25) is 0 Å². The molecule has 2 nitrogen and oxygen atoms in total. The Balaban J connectivity index is 2.12. The highest BCUT2D eigenvalue weighted by molar-refractivity contribution is 5.92. The molecule has 0 aliphatic heterocycles. The third-order valence-corrected chi connectivity index (χ3v) is 3.29. The Kier molecular flexibility index (Phi) is 5.10. The van der Waals surface area contributed by atoms with E-state index in [4.69, 9.17) is 0 Å². The number of fused-ring (bicyclic) bond motifs is 1. The van der Waals surface area contributed by atoms with Gasteiger partial charge in [0.15, 0.2) is 0 Å². The largest absolute Gasteiger partial charge is 0.316 e. The van der Waals surface area contributed by atoms with Crippen LogP contribution in [0.5, 0.6) is 0 Å². The Hall–Kier alpha value is -1.67. The molecule has 19 heavy (non-hydrogen) atoms. The number of aromatic nitrogens is 1. The fourth-order valence-electron chi connectivity index (χ4n) is 2.23. The summed E-state index contributed by atoms with van der Waals surface area (Å²) in [5.74, 6) is 0. The summed E-state index contributed by atoms with van der Waals surface area (Å²) in [6.07, 6.45) is 8.44. The van der Waals surface area contributed by atoms with Crippen molar-refractivity contribution in [2.45, 2.75) is 26.7 Å². The highest BCUT2D eigenvalue weighted by atomic mass is 14.8. The van der Waals surface area contributed by atoms with Gasteiger partial charge in [0.1, 0.15) is 0 Å². The van der Waals surface area contributed by atoms with Gasteiger partial charge in [0.2, 0.25) is 0 Å². The second kappa shape index (κ2) is 7.05. The predicted octanol–water partition coefficient (Wildman–Crippen LogP) is 4.03. The van der Waals surface area contributed by atoms with E-state index in [2.05, 4.69) is 54.5 Å². The van der Waals surface area contributed by atoms with Gasteiger partial charge in [-0.05, 0) is 43.8 Å². The van der Waals surface area contributed by atoms with Crippen molar-refractivity contribution in [2.75, 3.05) is 13.1 Å². The lowest BCUT2D eigenvalue weighted by Gasteiger charge is -2.07. The number of pyridine rings is 1. The molecule has 0 atom stereocenters. The Morgan fingerprint density at radius 1 is 1.21 bits per heavy atom. The number of benzene rings is 1. The van der Waals surface area contributed by atoms with Gasteiger partial charge in [-0.25, -0.2) is 0 Å². The molecule has 0 saturated carbocycles. The minimum atomic E-state index is 1.05. The summed E-state index contributed by atoms with van der Waals surface area (Å²) in [6.45, 7) is 6.51. The van der Waals surface area contributed by atoms with Crippen LogP contribution in [-0.2, 0) is 0 Å². The van der Waals surface area contributed by atoms with Crippen molar-refractivity contribution in [2.24, 2.45) is 0 Å². The highest BCUT2D eigenvalue weighted by Gasteiger charge is 2.02. The van der Waals surface area contributed by atoms with Crippen LogP contribution in [0.15, 0.2) is 42.7 Å². The van der Waals surface area contributed by atoms with Crippen LogP contribution in [-0.4, -0.2) is 18.1 Å². The maximum absolute atomic E-state index is 4.34. The van der Waals surface area contributed by atoms with Crippen LogP contribution < -0.4 is 5.32 Å². The molecule has 100 valence electrons. The number of hydrogen-bond acceptors (Lipinski definition) is 2. The molecule has 2 rings (SSSR count). The van der Waals surface area contributed by atoms with Gasteiger partial charge in [0.25, 0.3) is 0 Å². The standard InChI is InChI=1S/C17H22N2/c1-3-10-18-11-6-7-14(2)17-13-19-12-15-8-4-5-9-16(15)17/h4-5,7-9,12-13,18H,3,6,10-11H2,1-2H3. The van der Waals surface area contributed by atoms with Gasteiger partial charge in [-0.1, -0.05) is 37.3 Å². The zero-order valence-electron chi connectivity index (χ0n) is 11.8. The number of allylic oxidation sites excluding steroid dienone is 1. The minimum Gasteiger partial charge on any atom is -0.316 e. The maximum atomic E-state index is 4.34. The summed E-state index contributed by atoms with van der Waals surface area (Å²) in [7, 11) is 0. The number of nitrogens with one attached hydrogen (secondary N) is 1. The molecular weight excluding hydrogens is 232 g/mol. The lowest BCUT2D eigenvalue weighted by Crippen LogP contribution is -2.15. The molecule has 0 fully saturated rings. The summed E-state index contributed by atoms with van der Waals surface area (Å²) in [5, 5.41) is 5.91. The van der Waals surface area contributed by atoms with Crippen LogP contribution in [0, 0.1) is 0 Å². The van der Waals surface area contributed by atoms with E-state index in [0.29, 0.717) is 0 Å². The topological polar surface area (TPSA) is 24.9 Å². The van der Waals surface area contributed by atoms with E-state index in [0.717, 1.165) is 19.5 Å². The summed E-state index contributed by atoms with van der Waals surface area (Å²) in [4.78, 5) is 4.34. The Labute approximate surface area is 115 Å². The SMILES string of the molecule is CCCNCCC=C(C)c1cncc2ccccc12. The number of nitrogens with zero attached hydrogens (tertiary/aromatic N) is 1. The third-order valence-electron chi connectivity index (χ3n) is 3.29. The number of hydrogen-bond donors (Lipinski definition) is 1. The molecule has 1 aromatic carbocycles. The lowest BCUT2D eigenvalue weighted by atomic mass is 10.0. The van der Waals surface area contributed by atoms with Crippen molar-refractivity contribution in [1.82, 2.24) is 10.3 Å². The second-order valence-electron chi connectivity index (χ2n) is 4.83. The van der Waals surface area contributed by atoms with Crippen LogP contribution in [0.4, 0.5) is 0 Å². The average Bonchev–Trinajstić information content (AvgIpc) is 2.46. The average molecular weight is 254 g/mol. The molecule has 0 unspecified atom stereocenters. The van der Waals surface area contributed by atoms with Crippen molar-refractivity contribution in [3.63, 3.8) is 0 Å². The molecule has 0 amide bonds. The fourth-order valence-corrected chi connectivity index (χ4v) is 2.23. The first-order chi connectivity index (χ1) is 9.33. The Morgan fingerprint density at radius 3 is 2.89 bits per heavy atom. The third kappa shape index (κ3) is 3.65. The quantitative estimate of drug-likeness (QED) is 0.787. The lowest BCUT2D eigenvalue weighted by molar-refractivity contribution is 0.678. The van der Waals surface area contributed by atoms with Gasteiger partial charge < -0.3 is 5.32 Å². The zero-order chi connectivity index (χ0) is 13.5. The van der Waals surface area contributed by atoms with Crippen LogP contribution in [0.25, 0.3) is 16.3 Å². The summed E-state index contributed by atoms with van der Waals surface area (Å²) >= 11 is 0. The van der Waals surface area contributed by atoms with Crippen LogP contribution >= 0.6 is 0 Å². The molecular formula is C17H22N2. The van der Waals surface area contributed by atoms with Crippen molar-refractivity contribution in [3.05, 3.63) is 48.3 Å². The van der Waals surface area contributed by atoms with E-state index in [9.17, 15) is 0 Å². The maximum Gasteiger partial charge on any atom is 0.0349 e. The molecule has 0 bridgehead atoms. The molecule has 0 aliphatic carbocycles. The van der Waals surface area contributed by atoms with E-state index in [1.165, 1.54) is 28.3 Å². The summed E-state index contributed by atoms with van der Waals surface area (Å²) < 4.78 is 0. The molecule has 0 aliphatic rings. The Morgan fingerprint density at radius 2 is 2.05 bits per heavy atom. The van der Waals surface area contributed by atoms with Gasteiger partial charge >= 0.3 is 0 Å². The Bertz CT molecular complexity index is 553. The molecule has 1 N–H and O–H groups in total. The predicted molar refractivity (Wildman–Crippen MR) is 83.2 cm³/mol. The first-order valence-corrected chi connectivity index (χ1v) is 7.03. The molecule has 0 saturated heterocycles. The van der Waals surface area contributed by atoms with E-state index < -0.39 is 0 Å². The monoisotopic (exact) mass is 254 g/mol. The van der Waals surface area contributed by atoms with Crippen LogP contribution in [0.1, 0.15) is 32.3 Å². The van der Waals surface area contributed by atoms with E-state index in [-0.39, 0.29) is 0 Å². The highest BCUT2D eigenvalue weighted by Crippen LogP contribution is 2.23. The molecule has 1 heterocycles. The van der Waals surface area contributed by atoms with Crippen molar-refractivity contribution >= 4 is 16.3 Å². The number of rotatable bonds is 6. The van der Waals surface area contributed by atoms with E-state index in [1.54, 1.807) is 0 Å². The van der Waals surface area contributed by atoms with E-state index >= 15 is 0 Å². The minimum absolute atomic E-state index is 1.05. The van der Waals surface area contributed by atoms with Crippen molar-refractivity contribution in [1.29, 1.82) is 0 Å². The normalized spacial score (nSPS) is 12.0. The molecule has 0 radical (unpaired) electrons. The molecule has 2 aromatic rings. The smallest absolute Gasteiger partial charge is 0.0349 e. The van der Waals surface area contributed by atoms with Gasteiger partial charge in [-0.2, -0.15) is 0 Å². The summed E-state index contributed by atoms with van der Waals surface area (Å²) in [5.41, 5.74) is 2.55. The molecule has 2 heteroatoms. The van der Waals surface area contributed by atoms with Crippen molar-refractivity contribution in [3.8, 4) is 0 Å². The van der Waals surface area contributed by atoms with E-state index in [1.807, 2.05) is 12.4 Å². The van der Waals surface area contributed by atoms with Gasteiger partial charge in [0.05, 0.1) is 0 Å². The zero-order valence-corrected chi connectivity index (χ0v) is 11.8. The second-order valence-corrected chi connectivity index (χ2v) is 4.83. The van der Waals surface area contributed by atoms with Crippen LogP contribution in [0.3, 0.4) is 0 Å². The van der Waals surface area contributed by atoms with Gasteiger partial charge in [-0.3, -0.25) is 4.98 Å². The summed E-state index contributed by atoms with van der Waals surface area (Å²) in [6, 6.07) is 8.42.